The highest BCUT2D eigenvalue weighted by Gasteiger charge is 1.91. The fourth-order valence-electron chi connectivity index (χ4n) is 0.943. The second-order valence-corrected chi connectivity index (χ2v) is 3.12. The van der Waals surface area contributed by atoms with Gasteiger partial charge in [-0.3, -0.25) is 0 Å². The van der Waals surface area contributed by atoms with Crippen LogP contribution in [-0.4, -0.2) is 6.61 Å². The van der Waals surface area contributed by atoms with Crippen LogP contribution in [-0.2, 0) is 0 Å². The van der Waals surface area contributed by atoms with Gasteiger partial charge < -0.3 is 4.74 Å². The van der Waals surface area contributed by atoms with Gasteiger partial charge in [-0.05, 0) is 32.1 Å². The molecular weight excluding hydrogens is 174 g/mol. The van der Waals surface area contributed by atoms with E-state index in [9.17, 15) is 0 Å². The summed E-state index contributed by atoms with van der Waals surface area (Å²) in [7, 11) is 0. The second kappa shape index (κ2) is 5.08. The van der Waals surface area contributed by atoms with Gasteiger partial charge in [0.1, 0.15) is 12.4 Å². The van der Waals surface area contributed by atoms with E-state index in [1.807, 2.05) is 37.3 Å². The molecule has 0 N–H and O–H groups in total. The standard InChI is InChI=1S/C12H13NO/c1-10-3-5-12(6-4-10)14-8-7-11(2)9-13/h3-7H,8H2,1-2H3/b11-7-. The molecule has 72 valence electrons. The Morgan fingerprint density at radius 2 is 2.07 bits per heavy atom. The number of nitrogens with zero attached hydrogens (tertiary/aromatic N) is 1. The van der Waals surface area contributed by atoms with Gasteiger partial charge in [0.25, 0.3) is 0 Å². The Morgan fingerprint density at radius 1 is 1.43 bits per heavy atom. The lowest BCUT2D eigenvalue weighted by Gasteiger charge is -2.02. The maximum Gasteiger partial charge on any atom is 0.119 e. The summed E-state index contributed by atoms with van der Waals surface area (Å²) in [6, 6.07) is 9.88. The maximum absolute atomic E-state index is 8.49. The van der Waals surface area contributed by atoms with Crippen LogP contribution in [0.15, 0.2) is 35.9 Å². The molecule has 0 heterocycles. The summed E-state index contributed by atoms with van der Waals surface area (Å²) in [6.45, 7) is 4.24. The zero-order chi connectivity index (χ0) is 10.4. The van der Waals surface area contributed by atoms with Gasteiger partial charge in [0, 0.05) is 5.57 Å². The van der Waals surface area contributed by atoms with Crippen molar-refractivity contribution in [1.82, 2.24) is 0 Å². The van der Waals surface area contributed by atoms with Crippen molar-refractivity contribution in [2.75, 3.05) is 6.61 Å². The van der Waals surface area contributed by atoms with E-state index in [0.29, 0.717) is 12.2 Å². The smallest absolute Gasteiger partial charge is 0.119 e. The normalized spacial score (nSPS) is 10.8. The molecule has 1 aromatic rings. The number of hydrogen-bond donors (Lipinski definition) is 0. The molecule has 14 heavy (non-hydrogen) atoms. The molecule has 0 aliphatic heterocycles. The zero-order valence-corrected chi connectivity index (χ0v) is 8.45. The Balaban J connectivity index is 2.47. The van der Waals surface area contributed by atoms with E-state index in [-0.39, 0.29) is 0 Å². The molecule has 0 bridgehead atoms. The molecule has 1 aromatic carbocycles. The molecule has 0 atom stereocenters. The minimum atomic E-state index is 0.447. The van der Waals surface area contributed by atoms with Crippen LogP contribution in [0, 0.1) is 18.3 Å². The first-order valence-electron chi connectivity index (χ1n) is 4.48. The zero-order valence-electron chi connectivity index (χ0n) is 8.45. The minimum absolute atomic E-state index is 0.447. The Labute approximate surface area is 84.4 Å². The molecule has 0 aliphatic rings. The topological polar surface area (TPSA) is 33.0 Å². The summed E-state index contributed by atoms with van der Waals surface area (Å²) in [5.74, 6) is 0.831. The van der Waals surface area contributed by atoms with E-state index in [1.54, 1.807) is 13.0 Å². The van der Waals surface area contributed by atoms with Crippen molar-refractivity contribution in [3.05, 3.63) is 41.5 Å². The van der Waals surface area contributed by atoms with Gasteiger partial charge in [-0.1, -0.05) is 17.7 Å². The highest BCUT2D eigenvalue weighted by atomic mass is 16.5. The summed E-state index contributed by atoms with van der Waals surface area (Å²) in [5.41, 5.74) is 1.89. The first-order chi connectivity index (χ1) is 6.72. The van der Waals surface area contributed by atoms with Gasteiger partial charge >= 0.3 is 0 Å². The Hall–Kier alpha value is -1.75. The number of aryl methyl sites for hydroxylation is 1. The Bertz CT molecular complexity index is 357. The molecular formula is C12H13NO. The van der Waals surface area contributed by atoms with Crippen LogP contribution >= 0.6 is 0 Å². The number of ether oxygens (including phenoxy) is 1. The van der Waals surface area contributed by atoms with Gasteiger partial charge in [0.2, 0.25) is 0 Å². The molecule has 0 aliphatic carbocycles. The number of nitriles is 1. The van der Waals surface area contributed by atoms with Crippen LogP contribution in [0.4, 0.5) is 0 Å². The summed E-state index contributed by atoms with van der Waals surface area (Å²) < 4.78 is 5.41. The van der Waals surface area contributed by atoms with Crippen molar-refractivity contribution in [3.63, 3.8) is 0 Å². The molecule has 0 fully saturated rings. The predicted molar refractivity (Wildman–Crippen MR) is 56.0 cm³/mol. The summed E-state index contributed by atoms with van der Waals surface area (Å²) in [5, 5.41) is 8.49. The third-order valence-corrected chi connectivity index (χ3v) is 1.84. The van der Waals surface area contributed by atoms with Crippen molar-refractivity contribution in [3.8, 4) is 11.8 Å². The lowest BCUT2D eigenvalue weighted by atomic mass is 10.2. The predicted octanol–water partition coefficient (Wildman–Crippen LogP) is 2.84. The highest BCUT2D eigenvalue weighted by molar-refractivity contribution is 5.26. The van der Waals surface area contributed by atoms with Crippen LogP contribution < -0.4 is 4.74 Å². The molecule has 0 unspecified atom stereocenters. The summed E-state index contributed by atoms with van der Waals surface area (Å²) in [6.07, 6.45) is 1.76. The molecule has 0 amide bonds. The number of benzene rings is 1. The van der Waals surface area contributed by atoms with Crippen LogP contribution in [0.3, 0.4) is 0 Å². The van der Waals surface area contributed by atoms with Crippen molar-refractivity contribution < 1.29 is 4.74 Å². The van der Waals surface area contributed by atoms with Gasteiger partial charge in [0.15, 0.2) is 0 Å². The lowest BCUT2D eigenvalue weighted by Crippen LogP contribution is -1.93. The number of rotatable bonds is 3. The quantitative estimate of drug-likeness (QED) is 0.682. The van der Waals surface area contributed by atoms with E-state index < -0.39 is 0 Å². The third-order valence-electron chi connectivity index (χ3n) is 1.84. The van der Waals surface area contributed by atoms with Crippen LogP contribution in [0.2, 0.25) is 0 Å². The molecule has 0 radical (unpaired) electrons. The van der Waals surface area contributed by atoms with Crippen molar-refractivity contribution in [1.29, 1.82) is 5.26 Å². The Morgan fingerprint density at radius 3 is 2.64 bits per heavy atom. The SMILES string of the molecule is C/C(C#N)=C/COc1ccc(C)cc1. The number of hydrogen-bond acceptors (Lipinski definition) is 2. The second-order valence-electron chi connectivity index (χ2n) is 3.12. The third kappa shape index (κ3) is 3.32. The minimum Gasteiger partial charge on any atom is -0.489 e. The molecule has 0 saturated heterocycles. The summed E-state index contributed by atoms with van der Waals surface area (Å²) in [4.78, 5) is 0. The Kier molecular flexibility index (Phi) is 3.75. The van der Waals surface area contributed by atoms with E-state index in [2.05, 4.69) is 0 Å². The van der Waals surface area contributed by atoms with Crippen LogP contribution in [0.5, 0.6) is 5.75 Å². The summed E-state index contributed by atoms with van der Waals surface area (Å²) >= 11 is 0. The maximum atomic E-state index is 8.49. The molecule has 0 saturated carbocycles. The molecule has 0 aromatic heterocycles. The molecule has 2 heteroatoms. The lowest BCUT2D eigenvalue weighted by molar-refractivity contribution is 0.362. The van der Waals surface area contributed by atoms with E-state index in [4.69, 9.17) is 10.00 Å². The van der Waals surface area contributed by atoms with Crippen molar-refractivity contribution in [2.45, 2.75) is 13.8 Å². The highest BCUT2D eigenvalue weighted by Crippen LogP contribution is 2.11. The average Bonchev–Trinajstić information content (AvgIpc) is 2.21. The van der Waals surface area contributed by atoms with Crippen molar-refractivity contribution in [2.24, 2.45) is 0 Å². The monoisotopic (exact) mass is 187 g/mol. The molecule has 0 spiro atoms. The van der Waals surface area contributed by atoms with E-state index >= 15 is 0 Å². The van der Waals surface area contributed by atoms with E-state index in [0.717, 1.165) is 5.75 Å². The van der Waals surface area contributed by atoms with Gasteiger partial charge in [0.05, 0.1) is 6.07 Å². The van der Waals surface area contributed by atoms with Gasteiger partial charge in [-0.2, -0.15) is 5.26 Å². The molecule has 2 nitrogen and oxygen atoms in total. The van der Waals surface area contributed by atoms with Gasteiger partial charge in [-0.25, -0.2) is 0 Å². The van der Waals surface area contributed by atoms with Crippen LogP contribution in [0.25, 0.3) is 0 Å². The van der Waals surface area contributed by atoms with Crippen LogP contribution in [0.1, 0.15) is 12.5 Å². The van der Waals surface area contributed by atoms with Crippen molar-refractivity contribution >= 4 is 0 Å². The largest absolute Gasteiger partial charge is 0.489 e. The number of allylic oxidation sites excluding steroid dienone is 1. The van der Waals surface area contributed by atoms with E-state index in [1.165, 1.54) is 5.56 Å². The average molecular weight is 187 g/mol. The van der Waals surface area contributed by atoms with Gasteiger partial charge in [-0.15, -0.1) is 0 Å². The fraction of sp³-hybridized carbons (Fsp3) is 0.250. The molecule has 1 rings (SSSR count). The first kappa shape index (κ1) is 10.3. The first-order valence-corrected chi connectivity index (χ1v) is 4.48. The fourth-order valence-corrected chi connectivity index (χ4v) is 0.943.